The summed E-state index contributed by atoms with van der Waals surface area (Å²) in [5.74, 6) is -0.447. The maximum atomic E-state index is 11.7. The van der Waals surface area contributed by atoms with Gasteiger partial charge in [-0.3, -0.25) is 4.79 Å². The van der Waals surface area contributed by atoms with Gasteiger partial charge in [-0.2, -0.15) is 0 Å². The average molecular weight is 214 g/mol. The number of ether oxygens (including phenoxy) is 1. The van der Waals surface area contributed by atoms with Crippen molar-refractivity contribution in [3.63, 3.8) is 0 Å². The maximum Gasteiger partial charge on any atom is 0.328 e. The van der Waals surface area contributed by atoms with Crippen molar-refractivity contribution < 1.29 is 14.3 Å². The van der Waals surface area contributed by atoms with Gasteiger partial charge in [-0.25, -0.2) is 4.79 Å². The van der Waals surface area contributed by atoms with Crippen molar-refractivity contribution in [1.82, 2.24) is 10.6 Å². The number of methoxy groups -OCH3 is 1. The molecule has 1 unspecified atom stereocenters. The zero-order chi connectivity index (χ0) is 11.3. The Labute approximate surface area is 89.6 Å². The standard InChI is InChI=1S/C10H18N2O3/c1-3-8(10(14)15-2)12-9(13)7-4-5-11-6-7/h7-8,11H,3-6H2,1-2H3,(H,12,13)/t7-,8?/m1/s1. The summed E-state index contributed by atoms with van der Waals surface area (Å²) in [4.78, 5) is 22.9. The molecular formula is C10H18N2O3. The minimum absolute atomic E-state index is 0.0105. The highest BCUT2D eigenvalue weighted by molar-refractivity contribution is 5.85. The molecule has 0 aromatic heterocycles. The second-order valence-corrected chi connectivity index (χ2v) is 3.68. The average Bonchev–Trinajstić information content (AvgIpc) is 2.77. The molecule has 1 aliphatic heterocycles. The lowest BCUT2D eigenvalue weighted by Crippen LogP contribution is -2.44. The van der Waals surface area contributed by atoms with Gasteiger partial charge in [-0.05, 0) is 19.4 Å². The zero-order valence-corrected chi connectivity index (χ0v) is 9.21. The molecule has 1 rings (SSSR count). The van der Waals surface area contributed by atoms with Crippen molar-refractivity contribution >= 4 is 11.9 Å². The summed E-state index contributed by atoms with van der Waals surface area (Å²) in [5, 5.41) is 5.82. The lowest BCUT2D eigenvalue weighted by atomic mass is 10.1. The number of amides is 1. The van der Waals surface area contributed by atoms with E-state index in [4.69, 9.17) is 0 Å². The van der Waals surface area contributed by atoms with Gasteiger partial charge in [0.25, 0.3) is 0 Å². The molecule has 0 aliphatic carbocycles. The highest BCUT2D eigenvalue weighted by Gasteiger charge is 2.26. The van der Waals surface area contributed by atoms with Crippen LogP contribution in [0.1, 0.15) is 19.8 Å². The van der Waals surface area contributed by atoms with Gasteiger partial charge in [0.05, 0.1) is 13.0 Å². The van der Waals surface area contributed by atoms with Crippen molar-refractivity contribution in [2.45, 2.75) is 25.8 Å². The van der Waals surface area contributed by atoms with Crippen LogP contribution >= 0.6 is 0 Å². The Kier molecular flexibility index (Phi) is 4.55. The summed E-state index contributed by atoms with van der Waals surface area (Å²) in [5.41, 5.74) is 0. The first-order chi connectivity index (χ1) is 7.19. The first-order valence-corrected chi connectivity index (χ1v) is 5.28. The molecule has 1 amide bonds. The van der Waals surface area contributed by atoms with Crippen LogP contribution in [-0.2, 0) is 14.3 Å². The number of hydrogen-bond donors (Lipinski definition) is 2. The number of hydrogen-bond acceptors (Lipinski definition) is 4. The van der Waals surface area contributed by atoms with E-state index in [0.29, 0.717) is 13.0 Å². The van der Waals surface area contributed by atoms with E-state index in [9.17, 15) is 9.59 Å². The van der Waals surface area contributed by atoms with Crippen molar-refractivity contribution in [1.29, 1.82) is 0 Å². The van der Waals surface area contributed by atoms with Gasteiger partial charge >= 0.3 is 5.97 Å². The molecule has 0 spiro atoms. The fourth-order valence-corrected chi connectivity index (χ4v) is 1.64. The highest BCUT2D eigenvalue weighted by atomic mass is 16.5. The molecule has 1 saturated heterocycles. The third kappa shape index (κ3) is 3.20. The van der Waals surface area contributed by atoms with E-state index >= 15 is 0 Å². The monoisotopic (exact) mass is 214 g/mol. The van der Waals surface area contributed by atoms with Gasteiger partial charge in [0, 0.05) is 6.54 Å². The predicted octanol–water partition coefficient (Wildman–Crippen LogP) is -0.336. The lowest BCUT2D eigenvalue weighted by Gasteiger charge is -2.16. The van der Waals surface area contributed by atoms with E-state index in [2.05, 4.69) is 15.4 Å². The molecule has 1 fully saturated rings. The largest absolute Gasteiger partial charge is 0.467 e. The molecule has 1 heterocycles. The minimum Gasteiger partial charge on any atom is -0.467 e. The van der Waals surface area contributed by atoms with Crippen LogP contribution in [0.25, 0.3) is 0 Å². The lowest BCUT2D eigenvalue weighted by molar-refractivity contribution is -0.145. The summed E-state index contributed by atoms with van der Waals surface area (Å²) >= 11 is 0. The SMILES string of the molecule is CCC(NC(=O)[C@@H]1CCNC1)C(=O)OC. The predicted molar refractivity (Wildman–Crippen MR) is 55.2 cm³/mol. The Morgan fingerprint density at radius 1 is 1.60 bits per heavy atom. The number of esters is 1. The zero-order valence-electron chi connectivity index (χ0n) is 9.21. The van der Waals surface area contributed by atoms with E-state index in [0.717, 1.165) is 13.0 Å². The van der Waals surface area contributed by atoms with Crippen LogP contribution in [0.4, 0.5) is 0 Å². The maximum absolute atomic E-state index is 11.7. The Morgan fingerprint density at radius 2 is 2.33 bits per heavy atom. The number of carbonyl (C=O) groups is 2. The molecule has 1 aliphatic rings. The van der Waals surface area contributed by atoms with E-state index in [1.54, 1.807) is 0 Å². The molecule has 0 aromatic carbocycles. The summed E-state index contributed by atoms with van der Waals surface area (Å²) in [6.45, 7) is 3.41. The van der Waals surface area contributed by atoms with Crippen LogP contribution in [0.2, 0.25) is 0 Å². The fraction of sp³-hybridized carbons (Fsp3) is 0.800. The Bertz CT molecular complexity index is 237. The number of carbonyl (C=O) groups excluding carboxylic acids is 2. The van der Waals surface area contributed by atoms with E-state index in [1.165, 1.54) is 7.11 Å². The molecule has 5 nitrogen and oxygen atoms in total. The first kappa shape index (κ1) is 12.0. The molecule has 2 atom stereocenters. The fourth-order valence-electron chi connectivity index (χ4n) is 1.64. The molecule has 5 heteroatoms. The van der Waals surface area contributed by atoms with Crippen LogP contribution in [0.3, 0.4) is 0 Å². The third-order valence-corrected chi connectivity index (χ3v) is 2.64. The summed E-state index contributed by atoms with van der Waals surface area (Å²) in [7, 11) is 1.33. The Morgan fingerprint density at radius 3 is 2.80 bits per heavy atom. The second-order valence-electron chi connectivity index (χ2n) is 3.68. The topological polar surface area (TPSA) is 67.4 Å². The van der Waals surface area contributed by atoms with Crippen molar-refractivity contribution in [3.8, 4) is 0 Å². The summed E-state index contributed by atoms with van der Waals surface area (Å²) < 4.78 is 4.60. The Balaban J connectivity index is 2.43. The molecule has 0 bridgehead atoms. The molecule has 2 N–H and O–H groups in total. The van der Waals surface area contributed by atoms with Crippen molar-refractivity contribution in [2.75, 3.05) is 20.2 Å². The van der Waals surface area contributed by atoms with E-state index in [1.807, 2.05) is 6.92 Å². The molecule has 86 valence electrons. The van der Waals surface area contributed by atoms with Crippen LogP contribution in [0.15, 0.2) is 0 Å². The number of nitrogens with one attached hydrogen (secondary N) is 2. The molecule has 0 saturated carbocycles. The molecule has 15 heavy (non-hydrogen) atoms. The highest BCUT2D eigenvalue weighted by Crippen LogP contribution is 2.08. The van der Waals surface area contributed by atoms with E-state index < -0.39 is 6.04 Å². The molecular weight excluding hydrogens is 196 g/mol. The third-order valence-electron chi connectivity index (χ3n) is 2.64. The molecule has 0 aromatic rings. The van der Waals surface area contributed by atoms with Gasteiger partial charge in [-0.15, -0.1) is 0 Å². The quantitative estimate of drug-likeness (QED) is 0.628. The normalized spacial score (nSPS) is 22.1. The summed E-state index contributed by atoms with van der Waals surface area (Å²) in [6.07, 6.45) is 1.39. The number of rotatable bonds is 4. The first-order valence-electron chi connectivity index (χ1n) is 5.28. The van der Waals surface area contributed by atoms with Gasteiger partial charge in [0.2, 0.25) is 5.91 Å². The van der Waals surface area contributed by atoms with Crippen LogP contribution in [0, 0.1) is 5.92 Å². The Hall–Kier alpha value is -1.10. The van der Waals surface area contributed by atoms with Crippen molar-refractivity contribution in [2.24, 2.45) is 5.92 Å². The second kappa shape index (κ2) is 5.70. The molecule has 0 radical (unpaired) electrons. The van der Waals surface area contributed by atoms with Crippen LogP contribution in [-0.4, -0.2) is 38.1 Å². The van der Waals surface area contributed by atoms with E-state index in [-0.39, 0.29) is 17.8 Å². The van der Waals surface area contributed by atoms with Crippen molar-refractivity contribution in [3.05, 3.63) is 0 Å². The smallest absolute Gasteiger partial charge is 0.328 e. The minimum atomic E-state index is -0.511. The van der Waals surface area contributed by atoms with Crippen LogP contribution < -0.4 is 10.6 Å². The van der Waals surface area contributed by atoms with Gasteiger partial charge < -0.3 is 15.4 Å². The van der Waals surface area contributed by atoms with Gasteiger partial charge in [0.15, 0.2) is 0 Å². The van der Waals surface area contributed by atoms with Crippen LogP contribution in [0.5, 0.6) is 0 Å². The van der Waals surface area contributed by atoms with Gasteiger partial charge in [-0.1, -0.05) is 6.92 Å². The van der Waals surface area contributed by atoms with Gasteiger partial charge in [0.1, 0.15) is 6.04 Å². The summed E-state index contributed by atoms with van der Waals surface area (Å²) in [6, 6.07) is -0.511.